The van der Waals surface area contributed by atoms with Crippen molar-refractivity contribution in [2.24, 2.45) is 0 Å². The van der Waals surface area contributed by atoms with Crippen LogP contribution >= 0.6 is 23.4 Å². The van der Waals surface area contributed by atoms with E-state index in [-0.39, 0.29) is 5.91 Å². The maximum Gasteiger partial charge on any atom is 0.255 e. The molecule has 6 rings (SSSR count). The van der Waals surface area contributed by atoms with Gasteiger partial charge in [-0.25, -0.2) is 4.68 Å². The van der Waals surface area contributed by atoms with Crippen LogP contribution in [-0.2, 0) is 17.2 Å². The van der Waals surface area contributed by atoms with Gasteiger partial charge in [-0.05, 0) is 61.7 Å². The Labute approximate surface area is 266 Å². The largest absolute Gasteiger partial charge is 0.489 e. The van der Waals surface area contributed by atoms with E-state index in [1.54, 1.807) is 16.4 Å². The van der Waals surface area contributed by atoms with Gasteiger partial charge in [0.25, 0.3) is 5.91 Å². The van der Waals surface area contributed by atoms with Crippen molar-refractivity contribution in [2.45, 2.75) is 44.3 Å². The lowest BCUT2D eigenvalue weighted by Crippen LogP contribution is -2.31. The first kappa shape index (κ1) is 29.5. The Hall–Kier alpha value is -4.53. The van der Waals surface area contributed by atoms with Gasteiger partial charge in [-0.1, -0.05) is 102 Å². The number of benzene rings is 4. The van der Waals surface area contributed by atoms with Crippen LogP contribution in [-0.4, -0.2) is 20.7 Å². The normalized spacial score (nSPS) is 14.1. The molecule has 1 atom stereocenters. The van der Waals surface area contributed by atoms with Crippen LogP contribution in [0, 0.1) is 13.8 Å². The summed E-state index contributed by atoms with van der Waals surface area (Å²) in [5.41, 5.74) is 7.07. The van der Waals surface area contributed by atoms with Crippen LogP contribution in [0.25, 0.3) is 0 Å². The van der Waals surface area contributed by atoms with Gasteiger partial charge in [0.05, 0.1) is 5.57 Å². The molecule has 5 aromatic rings. The van der Waals surface area contributed by atoms with E-state index in [1.165, 1.54) is 5.56 Å². The van der Waals surface area contributed by atoms with Crippen molar-refractivity contribution in [3.8, 4) is 5.75 Å². The lowest BCUT2D eigenvalue weighted by molar-refractivity contribution is -0.113. The number of carbonyl (C=O) groups is 1. The van der Waals surface area contributed by atoms with Crippen molar-refractivity contribution in [1.29, 1.82) is 0 Å². The lowest BCUT2D eigenvalue weighted by Gasteiger charge is -2.29. The summed E-state index contributed by atoms with van der Waals surface area (Å²) in [6.45, 7) is 6.24. The van der Waals surface area contributed by atoms with E-state index >= 15 is 0 Å². The minimum Gasteiger partial charge on any atom is -0.489 e. The van der Waals surface area contributed by atoms with Crippen LogP contribution < -0.4 is 15.4 Å². The zero-order valence-electron chi connectivity index (χ0n) is 24.7. The molecule has 7 nitrogen and oxygen atoms in total. The molecule has 222 valence electrons. The number of hydrogen-bond donors (Lipinski definition) is 2. The van der Waals surface area contributed by atoms with Gasteiger partial charge in [0.15, 0.2) is 0 Å². The number of thioether (sulfide) groups is 1. The zero-order chi connectivity index (χ0) is 30.6. The quantitative estimate of drug-likeness (QED) is 0.161. The molecule has 1 aromatic heterocycles. The van der Waals surface area contributed by atoms with Crippen molar-refractivity contribution in [3.63, 3.8) is 0 Å². The summed E-state index contributed by atoms with van der Waals surface area (Å²) in [5, 5.41) is 12.6. The summed E-state index contributed by atoms with van der Waals surface area (Å²) in [7, 11) is 0. The number of fused-ring (bicyclic) bond motifs is 1. The van der Waals surface area contributed by atoms with E-state index < -0.39 is 6.04 Å². The number of nitrogens with zero attached hydrogens (tertiary/aromatic N) is 3. The highest BCUT2D eigenvalue weighted by Gasteiger charge is 2.35. The van der Waals surface area contributed by atoms with Gasteiger partial charge in [0, 0.05) is 27.7 Å². The molecular weight excluding hydrogens is 590 g/mol. The molecule has 1 unspecified atom stereocenters. The van der Waals surface area contributed by atoms with Gasteiger partial charge >= 0.3 is 0 Å². The summed E-state index contributed by atoms with van der Waals surface area (Å²) < 4.78 is 7.96. The molecule has 0 bridgehead atoms. The second kappa shape index (κ2) is 13.0. The van der Waals surface area contributed by atoms with Crippen LogP contribution in [0.5, 0.6) is 5.75 Å². The number of aromatic nitrogens is 3. The highest BCUT2D eigenvalue weighted by Crippen LogP contribution is 2.38. The average Bonchev–Trinajstić information content (AvgIpc) is 3.43. The number of aryl methyl sites for hydroxylation is 2. The number of ether oxygens (including phenoxy) is 1. The standard InChI is InChI=1S/C35H32ClN5O2S/c1-22-16-17-30(23(2)18-22)38-33(42)31-24(3)37-34-39-35(44-21-25-10-5-4-6-11-25)40-41(34)32(31)26-13-9-14-28(19-26)43-20-27-12-7-8-15-29(27)36/h4-19,32H,20-21H2,1-3H3,(H,38,42)(H,37,39,40). The molecule has 0 saturated heterocycles. The Morgan fingerprint density at radius 1 is 0.977 bits per heavy atom. The molecule has 1 aliphatic heterocycles. The van der Waals surface area contributed by atoms with Crippen molar-refractivity contribution >= 4 is 40.9 Å². The third-order valence-electron chi connectivity index (χ3n) is 7.44. The summed E-state index contributed by atoms with van der Waals surface area (Å²) in [6, 6.07) is 31.0. The monoisotopic (exact) mass is 621 g/mol. The molecule has 2 heterocycles. The number of allylic oxidation sites excluding steroid dienone is 1. The number of amides is 1. The van der Waals surface area contributed by atoms with Crippen molar-refractivity contribution in [3.05, 3.63) is 141 Å². The molecule has 0 saturated carbocycles. The number of nitrogens with one attached hydrogen (secondary N) is 2. The molecular formula is C35H32ClN5O2S. The van der Waals surface area contributed by atoms with E-state index in [0.29, 0.717) is 39.8 Å². The highest BCUT2D eigenvalue weighted by molar-refractivity contribution is 7.98. The molecule has 4 aromatic carbocycles. The van der Waals surface area contributed by atoms with Crippen LogP contribution in [0.4, 0.5) is 11.6 Å². The van der Waals surface area contributed by atoms with Crippen molar-refractivity contribution < 1.29 is 9.53 Å². The topological polar surface area (TPSA) is 81.1 Å². The Morgan fingerprint density at radius 3 is 2.57 bits per heavy atom. The number of carbonyl (C=O) groups excluding carboxylic acids is 1. The third-order valence-corrected chi connectivity index (χ3v) is 8.72. The maximum absolute atomic E-state index is 14.0. The van der Waals surface area contributed by atoms with Gasteiger partial charge in [0.1, 0.15) is 18.4 Å². The van der Waals surface area contributed by atoms with Gasteiger partial charge in [-0.15, -0.1) is 5.10 Å². The van der Waals surface area contributed by atoms with Gasteiger partial charge in [0.2, 0.25) is 11.1 Å². The molecule has 0 fully saturated rings. The van der Waals surface area contributed by atoms with Crippen LogP contribution in [0.3, 0.4) is 0 Å². The molecule has 2 N–H and O–H groups in total. The van der Waals surface area contributed by atoms with E-state index in [0.717, 1.165) is 33.7 Å². The number of anilines is 2. The predicted octanol–water partition coefficient (Wildman–Crippen LogP) is 8.35. The molecule has 9 heteroatoms. The Bertz CT molecular complexity index is 1850. The summed E-state index contributed by atoms with van der Waals surface area (Å²) in [6.07, 6.45) is 0. The predicted molar refractivity (Wildman–Crippen MR) is 177 cm³/mol. The molecule has 0 aliphatic carbocycles. The fourth-order valence-electron chi connectivity index (χ4n) is 5.21. The van der Waals surface area contributed by atoms with E-state index in [2.05, 4.69) is 28.8 Å². The Morgan fingerprint density at radius 2 is 1.77 bits per heavy atom. The summed E-state index contributed by atoms with van der Waals surface area (Å²) >= 11 is 7.92. The number of rotatable bonds is 9. The zero-order valence-corrected chi connectivity index (χ0v) is 26.2. The van der Waals surface area contributed by atoms with E-state index in [9.17, 15) is 4.79 Å². The van der Waals surface area contributed by atoms with Crippen LogP contribution in [0.2, 0.25) is 5.02 Å². The van der Waals surface area contributed by atoms with Crippen LogP contribution in [0.15, 0.2) is 113 Å². The average molecular weight is 622 g/mol. The fourth-order valence-corrected chi connectivity index (χ4v) is 6.19. The van der Waals surface area contributed by atoms with Crippen LogP contribution in [0.1, 0.15) is 40.8 Å². The lowest BCUT2D eigenvalue weighted by atomic mass is 9.94. The fraction of sp³-hybridized carbons (Fsp3) is 0.171. The minimum absolute atomic E-state index is 0.214. The van der Waals surface area contributed by atoms with Gasteiger partial charge in [-0.3, -0.25) is 4.79 Å². The van der Waals surface area contributed by atoms with Gasteiger partial charge < -0.3 is 15.4 Å². The van der Waals surface area contributed by atoms with Gasteiger partial charge in [-0.2, -0.15) is 4.98 Å². The second-order valence-corrected chi connectivity index (χ2v) is 12.1. The maximum atomic E-state index is 14.0. The second-order valence-electron chi connectivity index (χ2n) is 10.7. The first-order chi connectivity index (χ1) is 21.4. The Balaban J connectivity index is 1.34. The van der Waals surface area contributed by atoms with Crippen molar-refractivity contribution in [1.82, 2.24) is 14.8 Å². The molecule has 1 amide bonds. The van der Waals surface area contributed by atoms with Crippen molar-refractivity contribution in [2.75, 3.05) is 10.6 Å². The molecule has 1 aliphatic rings. The molecule has 0 spiro atoms. The first-order valence-electron chi connectivity index (χ1n) is 14.3. The van der Waals surface area contributed by atoms with E-state index in [1.807, 2.05) is 99.6 Å². The third kappa shape index (κ3) is 6.51. The highest BCUT2D eigenvalue weighted by atomic mass is 35.5. The van der Waals surface area contributed by atoms with E-state index in [4.69, 9.17) is 26.4 Å². The number of hydrogen-bond acceptors (Lipinski definition) is 6. The summed E-state index contributed by atoms with van der Waals surface area (Å²) in [4.78, 5) is 18.8. The Kier molecular flexibility index (Phi) is 8.72. The minimum atomic E-state index is -0.542. The SMILES string of the molecule is CC1=C(C(=O)Nc2ccc(C)cc2C)C(c2cccc(OCc3ccccc3Cl)c2)n2nc(SCc3ccccc3)nc2N1. The molecule has 44 heavy (non-hydrogen) atoms. The first-order valence-corrected chi connectivity index (χ1v) is 15.7. The summed E-state index contributed by atoms with van der Waals surface area (Å²) in [5.74, 6) is 1.75. The molecule has 0 radical (unpaired) electrons. The smallest absolute Gasteiger partial charge is 0.255 e. The number of halogens is 1.